The van der Waals surface area contributed by atoms with Crippen LogP contribution in [0.1, 0.15) is 18.4 Å². The van der Waals surface area contributed by atoms with Crippen LogP contribution in [0.2, 0.25) is 0 Å². The molecule has 1 fully saturated rings. The Morgan fingerprint density at radius 3 is 3.11 bits per heavy atom. The Labute approximate surface area is 107 Å². The summed E-state index contributed by atoms with van der Waals surface area (Å²) in [4.78, 5) is 13.9. The lowest BCUT2D eigenvalue weighted by atomic mass is 9.96. The molecule has 1 amide bonds. The quantitative estimate of drug-likeness (QED) is 0.856. The fourth-order valence-corrected chi connectivity index (χ4v) is 2.40. The molecular formula is C14H17N3O. The van der Waals surface area contributed by atoms with Crippen molar-refractivity contribution in [2.75, 3.05) is 25.0 Å². The normalized spacial score (nSPS) is 19.1. The third-order valence-electron chi connectivity index (χ3n) is 3.38. The molecule has 94 valence electrons. The van der Waals surface area contributed by atoms with Gasteiger partial charge in [-0.25, -0.2) is 0 Å². The van der Waals surface area contributed by atoms with Crippen molar-refractivity contribution in [1.29, 1.82) is 5.26 Å². The van der Waals surface area contributed by atoms with E-state index in [2.05, 4.69) is 16.3 Å². The third kappa shape index (κ3) is 2.62. The number of nitrogens with one attached hydrogen (secondary N) is 1. The Hall–Kier alpha value is -2.02. The van der Waals surface area contributed by atoms with Crippen molar-refractivity contribution in [3.63, 3.8) is 0 Å². The number of carbonyl (C=O) groups excluding carboxylic acids is 1. The zero-order valence-electron chi connectivity index (χ0n) is 10.5. The summed E-state index contributed by atoms with van der Waals surface area (Å²) in [6.07, 6.45) is 1.95. The Bertz CT molecular complexity index is 478. The molecule has 1 atom stereocenters. The maximum absolute atomic E-state index is 11.7. The molecule has 0 aromatic heterocycles. The van der Waals surface area contributed by atoms with Crippen LogP contribution in [0, 0.1) is 17.2 Å². The second kappa shape index (κ2) is 5.54. The molecule has 1 aromatic carbocycles. The largest absolute Gasteiger partial charge is 0.371 e. The summed E-state index contributed by atoms with van der Waals surface area (Å²) in [5.41, 5.74) is 1.69. The van der Waals surface area contributed by atoms with Gasteiger partial charge < -0.3 is 10.2 Å². The lowest BCUT2D eigenvalue weighted by Gasteiger charge is -2.33. The number of piperidine rings is 1. The van der Waals surface area contributed by atoms with Crippen LogP contribution < -0.4 is 10.2 Å². The average molecular weight is 243 g/mol. The van der Waals surface area contributed by atoms with E-state index in [1.165, 1.54) is 0 Å². The molecule has 1 unspecified atom stereocenters. The number of amides is 1. The van der Waals surface area contributed by atoms with E-state index in [9.17, 15) is 4.79 Å². The molecule has 1 heterocycles. The standard InChI is InChI=1S/C14H17N3O/c1-16-14(18)12-5-3-7-17(10-12)13-6-2-4-11(8-13)9-15/h2,4,6,8,12H,3,5,7,10H2,1H3,(H,16,18). The van der Waals surface area contributed by atoms with Crippen molar-refractivity contribution in [2.45, 2.75) is 12.8 Å². The minimum absolute atomic E-state index is 0.0505. The van der Waals surface area contributed by atoms with E-state index in [4.69, 9.17) is 5.26 Å². The average Bonchev–Trinajstić information content (AvgIpc) is 2.46. The highest BCUT2D eigenvalue weighted by atomic mass is 16.1. The molecule has 2 rings (SSSR count). The van der Waals surface area contributed by atoms with Crippen LogP contribution in [-0.4, -0.2) is 26.0 Å². The lowest BCUT2D eigenvalue weighted by Crippen LogP contribution is -2.42. The number of hydrogen-bond acceptors (Lipinski definition) is 3. The van der Waals surface area contributed by atoms with E-state index in [0.29, 0.717) is 5.56 Å². The van der Waals surface area contributed by atoms with Crippen molar-refractivity contribution in [3.8, 4) is 6.07 Å². The van der Waals surface area contributed by atoms with Gasteiger partial charge in [0.2, 0.25) is 5.91 Å². The molecular weight excluding hydrogens is 226 g/mol. The Kier molecular flexibility index (Phi) is 3.83. The predicted molar refractivity (Wildman–Crippen MR) is 70.2 cm³/mol. The fourth-order valence-electron chi connectivity index (χ4n) is 2.40. The highest BCUT2D eigenvalue weighted by Gasteiger charge is 2.25. The number of rotatable bonds is 2. The van der Waals surface area contributed by atoms with Gasteiger partial charge in [-0.1, -0.05) is 6.07 Å². The minimum atomic E-state index is 0.0505. The lowest BCUT2D eigenvalue weighted by molar-refractivity contribution is -0.124. The summed E-state index contributed by atoms with van der Waals surface area (Å²) in [6.45, 7) is 1.68. The number of anilines is 1. The van der Waals surface area contributed by atoms with Crippen LogP contribution in [0.15, 0.2) is 24.3 Å². The molecule has 18 heavy (non-hydrogen) atoms. The van der Waals surface area contributed by atoms with Gasteiger partial charge in [0.15, 0.2) is 0 Å². The molecule has 1 aliphatic heterocycles. The molecule has 1 N–H and O–H groups in total. The summed E-state index contributed by atoms with van der Waals surface area (Å²) in [5.74, 6) is 0.158. The van der Waals surface area contributed by atoms with Gasteiger partial charge in [0.1, 0.15) is 0 Å². The Morgan fingerprint density at radius 2 is 2.39 bits per heavy atom. The number of carbonyl (C=O) groups is 1. The molecule has 1 saturated heterocycles. The van der Waals surface area contributed by atoms with Gasteiger partial charge in [-0.05, 0) is 31.0 Å². The zero-order chi connectivity index (χ0) is 13.0. The number of hydrogen-bond donors (Lipinski definition) is 1. The SMILES string of the molecule is CNC(=O)C1CCCN(c2cccc(C#N)c2)C1. The van der Waals surface area contributed by atoms with Gasteiger partial charge in [-0.15, -0.1) is 0 Å². The molecule has 0 radical (unpaired) electrons. The molecule has 0 saturated carbocycles. The molecule has 0 spiro atoms. The van der Waals surface area contributed by atoms with Crippen molar-refractivity contribution in [1.82, 2.24) is 5.32 Å². The second-order valence-electron chi connectivity index (χ2n) is 4.56. The van der Waals surface area contributed by atoms with Gasteiger partial charge in [0.05, 0.1) is 17.6 Å². The van der Waals surface area contributed by atoms with E-state index in [1.807, 2.05) is 18.2 Å². The van der Waals surface area contributed by atoms with Gasteiger partial charge in [0, 0.05) is 25.8 Å². The van der Waals surface area contributed by atoms with E-state index < -0.39 is 0 Å². The topological polar surface area (TPSA) is 56.1 Å². The molecule has 4 heteroatoms. The van der Waals surface area contributed by atoms with Gasteiger partial charge in [-0.2, -0.15) is 5.26 Å². The van der Waals surface area contributed by atoms with Crippen LogP contribution in [0.4, 0.5) is 5.69 Å². The zero-order valence-corrected chi connectivity index (χ0v) is 10.5. The molecule has 0 aliphatic carbocycles. The van der Waals surface area contributed by atoms with Crippen molar-refractivity contribution in [2.24, 2.45) is 5.92 Å². The first kappa shape index (κ1) is 12.4. The van der Waals surface area contributed by atoms with E-state index in [0.717, 1.165) is 31.6 Å². The van der Waals surface area contributed by atoms with Gasteiger partial charge in [0.25, 0.3) is 0 Å². The highest BCUT2D eigenvalue weighted by Crippen LogP contribution is 2.23. The van der Waals surface area contributed by atoms with Crippen molar-refractivity contribution >= 4 is 11.6 Å². The third-order valence-corrected chi connectivity index (χ3v) is 3.38. The first-order chi connectivity index (χ1) is 8.74. The first-order valence-corrected chi connectivity index (χ1v) is 6.21. The van der Waals surface area contributed by atoms with Crippen LogP contribution in [-0.2, 0) is 4.79 Å². The van der Waals surface area contributed by atoms with Crippen LogP contribution in [0.3, 0.4) is 0 Å². The van der Waals surface area contributed by atoms with Gasteiger partial charge in [-0.3, -0.25) is 4.79 Å². The molecule has 1 aliphatic rings. The molecule has 1 aromatic rings. The van der Waals surface area contributed by atoms with E-state index >= 15 is 0 Å². The maximum Gasteiger partial charge on any atom is 0.224 e. The predicted octanol–water partition coefficient (Wildman–Crippen LogP) is 1.52. The molecule has 4 nitrogen and oxygen atoms in total. The van der Waals surface area contributed by atoms with Crippen LogP contribution in [0.5, 0.6) is 0 Å². The summed E-state index contributed by atoms with van der Waals surface area (Å²) in [6, 6.07) is 9.70. The van der Waals surface area contributed by atoms with E-state index in [1.54, 1.807) is 13.1 Å². The Balaban J connectivity index is 2.13. The summed E-state index contributed by atoms with van der Waals surface area (Å²) < 4.78 is 0. The summed E-state index contributed by atoms with van der Waals surface area (Å²) >= 11 is 0. The van der Waals surface area contributed by atoms with E-state index in [-0.39, 0.29) is 11.8 Å². The fraction of sp³-hybridized carbons (Fsp3) is 0.429. The minimum Gasteiger partial charge on any atom is -0.371 e. The van der Waals surface area contributed by atoms with Crippen LogP contribution in [0.25, 0.3) is 0 Å². The summed E-state index contributed by atoms with van der Waals surface area (Å²) in [5, 5.41) is 11.6. The van der Waals surface area contributed by atoms with Crippen LogP contribution >= 0.6 is 0 Å². The monoisotopic (exact) mass is 243 g/mol. The summed E-state index contributed by atoms with van der Waals surface area (Å²) in [7, 11) is 1.68. The number of nitriles is 1. The second-order valence-corrected chi connectivity index (χ2v) is 4.56. The maximum atomic E-state index is 11.7. The Morgan fingerprint density at radius 1 is 1.56 bits per heavy atom. The first-order valence-electron chi connectivity index (χ1n) is 6.21. The number of nitrogens with zero attached hydrogens (tertiary/aromatic N) is 2. The highest BCUT2D eigenvalue weighted by molar-refractivity contribution is 5.79. The number of benzene rings is 1. The van der Waals surface area contributed by atoms with Crippen molar-refractivity contribution < 1.29 is 4.79 Å². The van der Waals surface area contributed by atoms with Gasteiger partial charge >= 0.3 is 0 Å². The smallest absolute Gasteiger partial charge is 0.224 e. The molecule has 0 bridgehead atoms. The van der Waals surface area contributed by atoms with Crippen molar-refractivity contribution in [3.05, 3.63) is 29.8 Å².